The number of carbonyl (C=O) groups is 2. The number of benzene rings is 1. The average Bonchev–Trinajstić information content (AvgIpc) is 2.86. The molecule has 0 radical (unpaired) electrons. The summed E-state index contributed by atoms with van der Waals surface area (Å²) >= 11 is 5.81. The highest BCUT2D eigenvalue weighted by Gasteiger charge is 2.17. The number of phenolic OH excluding ortho intramolecular Hbond substituents is 1. The van der Waals surface area contributed by atoms with Crippen molar-refractivity contribution in [1.82, 2.24) is 20.6 Å². The Morgan fingerprint density at radius 1 is 1.42 bits per heavy atom. The maximum absolute atomic E-state index is 11.7. The molecule has 9 heteroatoms. The van der Waals surface area contributed by atoms with Gasteiger partial charge in [0.05, 0.1) is 11.3 Å². The van der Waals surface area contributed by atoms with Gasteiger partial charge in [0, 0.05) is 5.02 Å². The Kier molecular flexibility index (Phi) is 3.43. The van der Waals surface area contributed by atoms with Crippen LogP contribution in [0.25, 0.3) is 0 Å². The van der Waals surface area contributed by atoms with E-state index in [2.05, 4.69) is 25.9 Å². The number of H-pyrrole nitrogens is 1. The highest BCUT2D eigenvalue weighted by molar-refractivity contribution is 6.31. The first kappa shape index (κ1) is 13.0. The summed E-state index contributed by atoms with van der Waals surface area (Å²) in [6.45, 7) is 1.27. The monoisotopic (exact) mass is 281 g/mol. The average molecular weight is 282 g/mol. The molecule has 0 atom stereocenters. The number of rotatable bonds is 3. The molecule has 0 aliphatic heterocycles. The lowest BCUT2D eigenvalue weighted by Gasteiger charge is -2.09. The predicted molar refractivity (Wildman–Crippen MR) is 65.3 cm³/mol. The van der Waals surface area contributed by atoms with Crippen LogP contribution in [0.4, 0.5) is 5.69 Å². The molecule has 19 heavy (non-hydrogen) atoms. The van der Waals surface area contributed by atoms with Crippen molar-refractivity contribution < 1.29 is 14.7 Å². The molecule has 0 saturated carbocycles. The SMILES string of the molecule is CC(=O)c1cc(Cl)cc(NC(=O)c2nn[nH]n2)c1O. The molecule has 2 aromatic rings. The van der Waals surface area contributed by atoms with Gasteiger partial charge in [0.1, 0.15) is 5.75 Å². The standard InChI is InChI=1S/C10H8ClN5O3/c1-4(17)6-2-5(11)3-7(8(6)18)12-10(19)9-13-15-16-14-9/h2-3,18H,1H3,(H,12,19)(H,13,14,15,16). The van der Waals surface area contributed by atoms with Crippen LogP contribution in [0.3, 0.4) is 0 Å². The van der Waals surface area contributed by atoms with Crippen LogP contribution >= 0.6 is 11.6 Å². The fourth-order valence-corrected chi connectivity index (χ4v) is 1.62. The molecule has 1 aromatic carbocycles. The number of aromatic amines is 1. The largest absolute Gasteiger partial charge is 0.505 e. The zero-order valence-corrected chi connectivity index (χ0v) is 10.4. The normalized spacial score (nSPS) is 10.2. The molecule has 0 aliphatic carbocycles. The molecule has 1 heterocycles. The molecule has 1 amide bonds. The van der Waals surface area contributed by atoms with Gasteiger partial charge in [0.2, 0.25) is 0 Å². The second kappa shape index (κ2) is 5.02. The van der Waals surface area contributed by atoms with Gasteiger partial charge in [0.15, 0.2) is 5.78 Å². The van der Waals surface area contributed by atoms with E-state index in [1.165, 1.54) is 19.1 Å². The Bertz CT molecular complexity index is 641. The minimum Gasteiger partial charge on any atom is -0.505 e. The topological polar surface area (TPSA) is 121 Å². The summed E-state index contributed by atoms with van der Waals surface area (Å²) in [4.78, 5) is 23.0. The van der Waals surface area contributed by atoms with E-state index in [0.717, 1.165) is 0 Å². The summed E-state index contributed by atoms with van der Waals surface area (Å²) in [6.07, 6.45) is 0. The molecule has 0 saturated heterocycles. The van der Waals surface area contributed by atoms with Crippen LogP contribution in [-0.4, -0.2) is 37.4 Å². The smallest absolute Gasteiger partial charge is 0.297 e. The van der Waals surface area contributed by atoms with Crippen molar-refractivity contribution in [3.63, 3.8) is 0 Å². The lowest BCUT2D eigenvalue weighted by molar-refractivity contribution is 0.1000. The first-order valence-electron chi connectivity index (χ1n) is 5.07. The Balaban J connectivity index is 2.35. The molecule has 0 aliphatic rings. The summed E-state index contributed by atoms with van der Waals surface area (Å²) in [6, 6.07) is 2.62. The number of aromatic nitrogens is 4. The van der Waals surface area contributed by atoms with E-state index in [0.29, 0.717) is 0 Å². The van der Waals surface area contributed by atoms with Crippen LogP contribution in [0.2, 0.25) is 5.02 Å². The van der Waals surface area contributed by atoms with Crippen molar-refractivity contribution in [2.45, 2.75) is 6.92 Å². The fraction of sp³-hybridized carbons (Fsp3) is 0.100. The minimum absolute atomic E-state index is 0.00694. The number of ketones is 1. The first-order chi connectivity index (χ1) is 8.99. The second-order valence-electron chi connectivity index (χ2n) is 3.60. The van der Waals surface area contributed by atoms with Crippen molar-refractivity contribution in [3.8, 4) is 5.75 Å². The quantitative estimate of drug-likeness (QED) is 0.570. The number of hydrogen-bond acceptors (Lipinski definition) is 6. The maximum atomic E-state index is 11.7. The summed E-state index contributed by atoms with van der Waals surface area (Å²) in [5.74, 6) is -1.65. The Morgan fingerprint density at radius 2 is 2.16 bits per heavy atom. The zero-order valence-electron chi connectivity index (χ0n) is 9.64. The highest BCUT2D eigenvalue weighted by Crippen LogP contribution is 2.32. The van der Waals surface area contributed by atoms with Crippen LogP contribution in [-0.2, 0) is 0 Å². The highest BCUT2D eigenvalue weighted by atomic mass is 35.5. The number of amides is 1. The van der Waals surface area contributed by atoms with Crippen molar-refractivity contribution in [2.75, 3.05) is 5.32 Å². The van der Waals surface area contributed by atoms with Crippen molar-refractivity contribution in [2.24, 2.45) is 0 Å². The van der Waals surface area contributed by atoms with Crippen LogP contribution in [0.1, 0.15) is 27.9 Å². The molecule has 0 fully saturated rings. The number of nitrogens with zero attached hydrogens (tertiary/aromatic N) is 3. The Hall–Kier alpha value is -2.48. The number of tetrazole rings is 1. The first-order valence-corrected chi connectivity index (χ1v) is 5.45. The van der Waals surface area contributed by atoms with E-state index < -0.39 is 5.91 Å². The second-order valence-corrected chi connectivity index (χ2v) is 4.03. The van der Waals surface area contributed by atoms with Crippen molar-refractivity contribution in [1.29, 1.82) is 0 Å². The van der Waals surface area contributed by atoms with Crippen molar-refractivity contribution >= 4 is 29.0 Å². The lowest BCUT2D eigenvalue weighted by Crippen LogP contribution is -2.14. The van der Waals surface area contributed by atoms with Gasteiger partial charge in [-0.15, -0.1) is 10.2 Å². The number of anilines is 1. The third kappa shape index (κ3) is 2.68. The molecule has 3 N–H and O–H groups in total. The van der Waals surface area contributed by atoms with E-state index >= 15 is 0 Å². The van der Waals surface area contributed by atoms with Crippen molar-refractivity contribution in [3.05, 3.63) is 28.5 Å². The summed E-state index contributed by atoms with van der Waals surface area (Å²) in [5, 5.41) is 24.7. The summed E-state index contributed by atoms with van der Waals surface area (Å²) in [7, 11) is 0. The molecular formula is C10H8ClN5O3. The predicted octanol–water partition coefficient (Wildman–Crippen LogP) is 1.01. The van der Waals surface area contributed by atoms with E-state index in [-0.39, 0.29) is 33.6 Å². The Labute approximate surface area is 111 Å². The number of nitrogens with one attached hydrogen (secondary N) is 2. The van der Waals surface area contributed by atoms with Crippen LogP contribution in [0.5, 0.6) is 5.75 Å². The van der Waals surface area contributed by atoms with E-state index in [1.807, 2.05) is 0 Å². The molecule has 98 valence electrons. The lowest BCUT2D eigenvalue weighted by atomic mass is 10.1. The van der Waals surface area contributed by atoms with Gasteiger partial charge in [-0.2, -0.15) is 5.21 Å². The van der Waals surface area contributed by atoms with Gasteiger partial charge in [-0.25, -0.2) is 0 Å². The minimum atomic E-state index is -0.694. The third-order valence-corrected chi connectivity index (χ3v) is 2.47. The summed E-state index contributed by atoms with van der Waals surface area (Å²) in [5.41, 5.74) is 0.00316. The van der Waals surface area contributed by atoms with Crippen LogP contribution in [0, 0.1) is 0 Å². The molecule has 8 nitrogen and oxygen atoms in total. The molecule has 1 aromatic heterocycles. The Morgan fingerprint density at radius 3 is 2.74 bits per heavy atom. The molecule has 0 bridgehead atoms. The third-order valence-electron chi connectivity index (χ3n) is 2.25. The number of Topliss-reactive ketones (excluding diaryl/α,β-unsaturated/α-hetero) is 1. The summed E-state index contributed by atoms with van der Waals surface area (Å²) < 4.78 is 0. The fourth-order valence-electron chi connectivity index (χ4n) is 1.40. The zero-order chi connectivity index (χ0) is 14.0. The maximum Gasteiger partial charge on any atom is 0.297 e. The van der Waals surface area contributed by atoms with E-state index in [4.69, 9.17) is 11.6 Å². The molecule has 2 rings (SSSR count). The van der Waals surface area contributed by atoms with Gasteiger partial charge in [-0.05, 0) is 24.3 Å². The number of carbonyl (C=O) groups excluding carboxylic acids is 2. The van der Waals surface area contributed by atoms with Crippen LogP contribution < -0.4 is 5.32 Å². The number of hydrogen-bond donors (Lipinski definition) is 3. The van der Waals surface area contributed by atoms with E-state index in [1.54, 1.807) is 0 Å². The van der Waals surface area contributed by atoms with Gasteiger partial charge in [-0.1, -0.05) is 11.6 Å². The number of halogens is 1. The van der Waals surface area contributed by atoms with Gasteiger partial charge >= 0.3 is 0 Å². The van der Waals surface area contributed by atoms with E-state index in [9.17, 15) is 14.7 Å². The molecule has 0 spiro atoms. The van der Waals surface area contributed by atoms with Crippen LogP contribution in [0.15, 0.2) is 12.1 Å². The van der Waals surface area contributed by atoms with Gasteiger partial charge in [-0.3, -0.25) is 9.59 Å². The molecule has 0 unspecified atom stereocenters. The molecular weight excluding hydrogens is 274 g/mol. The number of phenols is 1. The van der Waals surface area contributed by atoms with Gasteiger partial charge < -0.3 is 10.4 Å². The number of aromatic hydroxyl groups is 1. The van der Waals surface area contributed by atoms with Gasteiger partial charge in [0.25, 0.3) is 11.7 Å².